The summed E-state index contributed by atoms with van der Waals surface area (Å²) < 4.78 is 62.6. The maximum absolute atomic E-state index is 12.3. The molecule has 0 unspecified atom stereocenters. The van der Waals surface area contributed by atoms with Crippen LogP contribution in [0, 0.1) is 0 Å². The summed E-state index contributed by atoms with van der Waals surface area (Å²) in [4.78, 5) is 13.6. The third kappa shape index (κ3) is 6.57. The van der Waals surface area contributed by atoms with Crippen molar-refractivity contribution >= 4 is 15.9 Å². The Labute approximate surface area is 154 Å². The Balaban J connectivity index is 1.95. The summed E-state index contributed by atoms with van der Waals surface area (Å²) in [7, 11) is -2.24. The van der Waals surface area contributed by atoms with E-state index in [1.807, 2.05) is 0 Å². The van der Waals surface area contributed by atoms with E-state index < -0.39 is 16.4 Å². The molecule has 146 valence electrons. The number of primary sulfonamides is 1. The van der Waals surface area contributed by atoms with Gasteiger partial charge >= 0.3 is 6.36 Å². The minimum absolute atomic E-state index is 0.0384. The maximum Gasteiger partial charge on any atom is 0.573 e. The van der Waals surface area contributed by atoms with Gasteiger partial charge in [0.15, 0.2) is 0 Å². The molecule has 0 spiro atoms. The lowest BCUT2D eigenvalue weighted by molar-refractivity contribution is -0.274. The van der Waals surface area contributed by atoms with E-state index in [-0.39, 0.29) is 29.5 Å². The second-order valence-electron chi connectivity index (χ2n) is 5.81. The molecule has 0 aliphatic rings. The first-order valence-corrected chi connectivity index (χ1v) is 9.19. The van der Waals surface area contributed by atoms with Gasteiger partial charge in [0.2, 0.25) is 15.9 Å². The van der Waals surface area contributed by atoms with Gasteiger partial charge in [0, 0.05) is 13.6 Å². The molecule has 2 aromatic rings. The fourth-order valence-corrected chi connectivity index (χ4v) is 2.78. The largest absolute Gasteiger partial charge is 0.573 e. The van der Waals surface area contributed by atoms with Crippen LogP contribution in [0.1, 0.15) is 11.1 Å². The van der Waals surface area contributed by atoms with Crippen molar-refractivity contribution in [2.75, 3.05) is 7.05 Å². The summed E-state index contributed by atoms with van der Waals surface area (Å²) >= 11 is 0. The number of sulfonamides is 1. The molecule has 0 atom stereocenters. The third-order valence-corrected chi connectivity index (χ3v) is 4.54. The molecule has 0 saturated carbocycles. The standard InChI is InChI=1S/C17H17F3N2O4S/c1-22(11-13-2-6-14(7-3-13)26-17(18,19)20)16(23)10-12-4-8-15(9-5-12)27(21,24)25/h2-9H,10-11H2,1H3,(H2,21,24,25). The zero-order valence-electron chi connectivity index (χ0n) is 14.2. The van der Waals surface area contributed by atoms with E-state index in [1.165, 1.54) is 53.4 Å². The van der Waals surface area contributed by atoms with E-state index in [4.69, 9.17) is 5.14 Å². The van der Waals surface area contributed by atoms with E-state index in [2.05, 4.69) is 4.74 Å². The average molecular weight is 402 g/mol. The number of hydrogen-bond acceptors (Lipinski definition) is 4. The number of halogens is 3. The molecule has 0 aliphatic heterocycles. The molecular formula is C17H17F3N2O4S. The topological polar surface area (TPSA) is 89.7 Å². The van der Waals surface area contributed by atoms with Crippen molar-refractivity contribution in [3.63, 3.8) is 0 Å². The van der Waals surface area contributed by atoms with Crippen LogP contribution in [-0.2, 0) is 27.8 Å². The van der Waals surface area contributed by atoms with E-state index >= 15 is 0 Å². The number of amides is 1. The smallest absolute Gasteiger partial charge is 0.406 e. The van der Waals surface area contributed by atoms with E-state index in [1.54, 1.807) is 7.05 Å². The molecule has 0 fully saturated rings. The number of alkyl halides is 3. The van der Waals surface area contributed by atoms with Gasteiger partial charge in [0.1, 0.15) is 5.75 Å². The summed E-state index contributed by atoms with van der Waals surface area (Å²) in [6.45, 7) is 0.195. The number of nitrogens with zero attached hydrogens (tertiary/aromatic N) is 1. The summed E-state index contributed by atoms with van der Waals surface area (Å²) in [5, 5.41) is 5.01. The lowest BCUT2D eigenvalue weighted by atomic mass is 10.1. The molecule has 2 rings (SSSR count). The fraction of sp³-hybridized carbons (Fsp3) is 0.235. The van der Waals surface area contributed by atoms with Gasteiger partial charge in [-0.3, -0.25) is 4.79 Å². The lowest BCUT2D eigenvalue weighted by Gasteiger charge is -2.18. The molecule has 0 heterocycles. The highest BCUT2D eigenvalue weighted by atomic mass is 32.2. The minimum Gasteiger partial charge on any atom is -0.406 e. The second-order valence-corrected chi connectivity index (χ2v) is 7.37. The second kappa shape index (κ2) is 7.97. The van der Waals surface area contributed by atoms with Crippen LogP contribution in [0.5, 0.6) is 5.75 Å². The SMILES string of the molecule is CN(Cc1ccc(OC(F)(F)F)cc1)C(=O)Cc1ccc(S(N)(=O)=O)cc1. The highest BCUT2D eigenvalue weighted by molar-refractivity contribution is 7.89. The molecule has 0 aromatic heterocycles. The van der Waals surface area contributed by atoms with Gasteiger partial charge < -0.3 is 9.64 Å². The van der Waals surface area contributed by atoms with Crippen LogP contribution in [0.4, 0.5) is 13.2 Å². The van der Waals surface area contributed by atoms with Crippen LogP contribution in [0.25, 0.3) is 0 Å². The fourth-order valence-electron chi connectivity index (χ4n) is 2.27. The lowest BCUT2D eigenvalue weighted by Crippen LogP contribution is -2.27. The van der Waals surface area contributed by atoms with Gasteiger partial charge in [0.25, 0.3) is 0 Å². The zero-order chi connectivity index (χ0) is 20.2. The van der Waals surface area contributed by atoms with Crippen LogP contribution < -0.4 is 9.88 Å². The van der Waals surface area contributed by atoms with Crippen molar-refractivity contribution in [3.8, 4) is 5.75 Å². The van der Waals surface area contributed by atoms with Gasteiger partial charge in [-0.2, -0.15) is 0 Å². The van der Waals surface area contributed by atoms with Crippen LogP contribution in [0.2, 0.25) is 0 Å². The molecule has 0 radical (unpaired) electrons. The van der Waals surface area contributed by atoms with Gasteiger partial charge in [-0.1, -0.05) is 24.3 Å². The van der Waals surface area contributed by atoms with Crippen molar-refractivity contribution in [3.05, 3.63) is 59.7 Å². The summed E-state index contributed by atoms with van der Waals surface area (Å²) in [6.07, 6.45) is -4.72. The van der Waals surface area contributed by atoms with Crippen molar-refractivity contribution in [1.82, 2.24) is 4.90 Å². The number of nitrogens with two attached hydrogens (primary N) is 1. The number of carbonyl (C=O) groups excluding carboxylic acids is 1. The Morgan fingerprint density at radius 1 is 1.04 bits per heavy atom. The number of hydrogen-bond donors (Lipinski definition) is 1. The van der Waals surface area contributed by atoms with Crippen molar-refractivity contribution in [1.29, 1.82) is 0 Å². The van der Waals surface area contributed by atoms with Crippen LogP contribution >= 0.6 is 0 Å². The Bertz CT molecular complexity index is 895. The quantitative estimate of drug-likeness (QED) is 0.804. The Hall–Kier alpha value is -2.59. The predicted octanol–water partition coefficient (Wildman–Crippen LogP) is 2.43. The average Bonchev–Trinajstić information content (AvgIpc) is 2.55. The minimum atomic E-state index is -4.76. The van der Waals surface area contributed by atoms with Gasteiger partial charge in [-0.25, -0.2) is 13.6 Å². The molecule has 1 amide bonds. The monoisotopic (exact) mass is 402 g/mol. The highest BCUT2D eigenvalue weighted by Gasteiger charge is 2.30. The summed E-state index contributed by atoms with van der Waals surface area (Å²) in [5.74, 6) is -0.579. The van der Waals surface area contributed by atoms with Crippen molar-refractivity contribution in [2.24, 2.45) is 5.14 Å². The number of likely N-dealkylation sites (N-methyl/N-ethyl adjacent to an activating group) is 1. The van der Waals surface area contributed by atoms with E-state index in [0.29, 0.717) is 11.1 Å². The van der Waals surface area contributed by atoms with E-state index in [0.717, 1.165) is 0 Å². The van der Waals surface area contributed by atoms with Gasteiger partial charge in [0.05, 0.1) is 11.3 Å². The van der Waals surface area contributed by atoms with Crippen molar-refractivity contribution in [2.45, 2.75) is 24.2 Å². The van der Waals surface area contributed by atoms with Gasteiger partial charge in [-0.05, 0) is 35.4 Å². The maximum atomic E-state index is 12.3. The first-order chi connectivity index (χ1) is 12.4. The predicted molar refractivity (Wildman–Crippen MR) is 91.1 cm³/mol. The zero-order valence-corrected chi connectivity index (χ0v) is 15.0. The van der Waals surface area contributed by atoms with Crippen LogP contribution in [-0.4, -0.2) is 32.6 Å². The van der Waals surface area contributed by atoms with E-state index in [9.17, 15) is 26.4 Å². The highest BCUT2D eigenvalue weighted by Crippen LogP contribution is 2.23. The molecular weight excluding hydrogens is 385 g/mol. The molecule has 27 heavy (non-hydrogen) atoms. The first-order valence-electron chi connectivity index (χ1n) is 7.64. The molecule has 0 bridgehead atoms. The summed E-state index contributed by atoms with van der Waals surface area (Å²) in [6, 6.07) is 10.8. The molecule has 0 saturated heterocycles. The Morgan fingerprint density at radius 2 is 1.56 bits per heavy atom. The Morgan fingerprint density at radius 3 is 2.04 bits per heavy atom. The normalized spacial score (nSPS) is 11.9. The molecule has 2 N–H and O–H groups in total. The molecule has 2 aromatic carbocycles. The number of carbonyl (C=O) groups is 1. The Kier molecular flexibility index (Phi) is 6.11. The van der Waals surface area contributed by atoms with Gasteiger partial charge in [-0.15, -0.1) is 13.2 Å². The third-order valence-electron chi connectivity index (χ3n) is 3.61. The number of ether oxygens (including phenoxy) is 1. The number of benzene rings is 2. The van der Waals surface area contributed by atoms with Crippen molar-refractivity contribution < 1.29 is 31.1 Å². The molecule has 0 aliphatic carbocycles. The molecule has 10 heteroatoms. The van der Waals surface area contributed by atoms with Crippen LogP contribution in [0.15, 0.2) is 53.4 Å². The molecule has 6 nitrogen and oxygen atoms in total. The van der Waals surface area contributed by atoms with Crippen LogP contribution in [0.3, 0.4) is 0 Å². The first kappa shape index (κ1) is 20.7. The number of rotatable bonds is 6. The summed E-state index contributed by atoms with van der Waals surface area (Å²) in [5.41, 5.74) is 1.23.